The Hall–Kier alpha value is -2.13. The first kappa shape index (κ1) is 12.9. The largest absolute Gasteiger partial charge is 0.336 e. The number of rotatable bonds is 2. The maximum Gasteiger partial charge on any atom is 0.182 e. The molecular formula is C17H16N2S. The van der Waals surface area contributed by atoms with Crippen LogP contribution >= 0.6 is 12.2 Å². The highest BCUT2D eigenvalue weighted by molar-refractivity contribution is 7.71. The zero-order valence-electron chi connectivity index (χ0n) is 11.6. The molecule has 2 nitrogen and oxygen atoms in total. The Morgan fingerprint density at radius 3 is 2.45 bits per heavy atom. The molecule has 0 radical (unpaired) electrons. The van der Waals surface area contributed by atoms with Crippen molar-refractivity contribution in [2.75, 3.05) is 0 Å². The molecule has 0 saturated carbocycles. The molecule has 1 N–H and O–H groups in total. The molecule has 20 heavy (non-hydrogen) atoms. The van der Waals surface area contributed by atoms with Crippen molar-refractivity contribution in [2.45, 2.75) is 13.8 Å². The molecule has 0 unspecified atom stereocenters. The normalized spacial score (nSPS) is 10.7. The highest BCUT2D eigenvalue weighted by Gasteiger charge is 2.11. The van der Waals surface area contributed by atoms with Crippen LogP contribution in [0.25, 0.3) is 16.9 Å². The predicted molar refractivity (Wildman–Crippen MR) is 85.9 cm³/mol. The minimum absolute atomic E-state index is 0.720. The molecule has 3 aromatic rings. The van der Waals surface area contributed by atoms with Gasteiger partial charge in [-0.1, -0.05) is 42.5 Å². The summed E-state index contributed by atoms with van der Waals surface area (Å²) in [5, 5.41) is 0. The minimum atomic E-state index is 0.720. The average Bonchev–Trinajstić information content (AvgIpc) is 2.85. The fourth-order valence-corrected chi connectivity index (χ4v) is 2.66. The van der Waals surface area contributed by atoms with E-state index in [0.717, 1.165) is 21.7 Å². The molecule has 0 amide bonds. The van der Waals surface area contributed by atoms with Crippen molar-refractivity contribution < 1.29 is 0 Å². The van der Waals surface area contributed by atoms with Crippen LogP contribution in [0.4, 0.5) is 0 Å². The van der Waals surface area contributed by atoms with Gasteiger partial charge in [-0.15, -0.1) is 0 Å². The predicted octanol–water partition coefficient (Wildman–Crippen LogP) is 4.82. The molecule has 100 valence electrons. The second-order valence-electron chi connectivity index (χ2n) is 4.90. The smallest absolute Gasteiger partial charge is 0.182 e. The maximum absolute atomic E-state index is 5.47. The van der Waals surface area contributed by atoms with Gasteiger partial charge in [0.15, 0.2) is 4.77 Å². The SMILES string of the molecule is Cc1cccc(-n2c(-c3ccccc3)c[nH]c2=S)c1C. The molecule has 0 saturated heterocycles. The maximum atomic E-state index is 5.47. The molecule has 3 rings (SSSR count). The van der Waals surface area contributed by atoms with E-state index in [1.807, 2.05) is 24.4 Å². The van der Waals surface area contributed by atoms with Gasteiger partial charge in [-0.2, -0.15) is 0 Å². The van der Waals surface area contributed by atoms with E-state index in [1.165, 1.54) is 11.1 Å². The number of aromatic amines is 1. The Balaban J connectivity index is 2.28. The van der Waals surface area contributed by atoms with E-state index in [2.05, 4.69) is 53.7 Å². The van der Waals surface area contributed by atoms with Crippen LogP contribution in [0.15, 0.2) is 54.7 Å². The third kappa shape index (κ3) is 2.10. The van der Waals surface area contributed by atoms with Crippen molar-refractivity contribution in [1.82, 2.24) is 9.55 Å². The zero-order valence-corrected chi connectivity index (χ0v) is 12.4. The van der Waals surface area contributed by atoms with Gasteiger partial charge in [0, 0.05) is 11.8 Å². The van der Waals surface area contributed by atoms with Crippen molar-refractivity contribution in [3.63, 3.8) is 0 Å². The highest BCUT2D eigenvalue weighted by Crippen LogP contribution is 2.26. The van der Waals surface area contributed by atoms with Crippen molar-refractivity contribution in [3.05, 3.63) is 70.6 Å². The lowest BCUT2D eigenvalue weighted by Crippen LogP contribution is -2.00. The van der Waals surface area contributed by atoms with Gasteiger partial charge >= 0.3 is 0 Å². The number of aromatic nitrogens is 2. The average molecular weight is 280 g/mol. The number of nitrogens with one attached hydrogen (secondary N) is 1. The standard InChI is InChI=1S/C17H16N2S/c1-12-7-6-10-15(13(12)2)19-16(11-18-17(19)20)14-8-4-3-5-9-14/h3-11H,1-2H3,(H,18,20). The lowest BCUT2D eigenvalue weighted by atomic mass is 10.1. The fraction of sp³-hybridized carbons (Fsp3) is 0.118. The van der Waals surface area contributed by atoms with Crippen molar-refractivity contribution >= 4 is 12.2 Å². The van der Waals surface area contributed by atoms with E-state index in [9.17, 15) is 0 Å². The van der Waals surface area contributed by atoms with Crippen LogP contribution in [-0.4, -0.2) is 9.55 Å². The van der Waals surface area contributed by atoms with E-state index < -0.39 is 0 Å². The van der Waals surface area contributed by atoms with Crippen LogP contribution in [0, 0.1) is 18.6 Å². The molecular weight excluding hydrogens is 264 g/mol. The van der Waals surface area contributed by atoms with E-state index >= 15 is 0 Å². The van der Waals surface area contributed by atoms with Crippen molar-refractivity contribution in [3.8, 4) is 16.9 Å². The topological polar surface area (TPSA) is 20.7 Å². The summed E-state index contributed by atoms with van der Waals surface area (Å²) >= 11 is 5.47. The Morgan fingerprint density at radius 1 is 0.950 bits per heavy atom. The molecule has 3 heteroatoms. The van der Waals surface area contributed by atoms with Crippen LogP contribution in [0.3, 0.4) is 0 Å². The van der Waals surface area contributed by atoms with E-state index in [-0.39, 0.29) is 0 Å². The summed E-state index contributed by atoms with van der Waals surface area (Å²) in [5.41, 5.74) is 5.89. The van der Waals surface area contributed by atoms with Gasteiger partial charge in [0.25, 0.3) is 0 Å². The number of H-pyrrole nitrogens is 1. The number of aryl methyl sites for hydroxylation is 1. The Kier molecular flexibility index (Phi) is 3.28. The molecule has 2 aromatic carbocycles. The first-order valence-corrected chi connectivity index (χ1v) is 7.02. The summed E-state index contributed by atoms with van der Waals surface area (Å²) in [7, 11) is 0. The Labute approximate surface area is 123 Å². The lowest BCUT2D eigenvalue weighted by Gasteiger charge is -2.13. The lowest BCUT2D eigenvalue weighted by molar-refractivity contribution is 1.02. The van der Waals surface area contributed by atoms with Crippen LogP contribution in [0.5, 0.6) is 0 Å². The second kappa shape index (κ2) is 5.10. The van der Waals surface area contributed by atoms with Crippen LogP contribution in [0.2, 0.25) is 0 Å². The quantitative estimate of drug-likeness (QED) is 0.667. The summed E-state index contributed by atoms with van der Waals surface area (Å²) in [4.78, 5) is 3.16. The molecule has 0 aliphatic rings. The molecule has 0 aliphatic heterocycles. The first-order chi connectivity index (χ1) is 9.68. The van der Waals surface area contributed by atoms with Gasteiger partial charge in [0.2, 0.25) is 0 Å². The van der Waals surface area contributed by atoms with Gasteiger partial charge in [-0.25, -0.2) is 0 Å². The number of hydrogen-bond donors (Lipinski definition) is 1. The molecule has 0 aliphatic carbocycles. The Morgan fingerprint density at radius 2 is 1.70 bits per heavy atom. The summed E-state index contributed by atoms with van der Waals surface area (Å²) in [6.45, 7) is 4.26. The summed E-state index contributed by atoms with van der Waals surface area (Å²) in [6.07, 6.45) is 1.97. The van der Waals surface area contributed by atoms with Crippen LogP contribution < -0.4 is 0 Å². The van der Waals surface area contributed by atoms with Gasteiger partial charge in [0.1, 0.15) is 0 Å². The Bertz CT molecular complexity index is 797. The molecule has 0 atom stereocenters. The summed E-state index contributed by atoms with van der Waals surface area (Å²) in [5.74, 6) is 0. The minimum Gasteiger partial charge on any atom is -0.336 e. The van der Waals surface area contributed by atoms with E-state index in [1.54, 1.807) is 0 Å². The van der Waals surface area contributed by atoms with Gasteiger partial charge in [-0.3, -0.25) is 4.57 Å². The highest BCUT2D eigenvalue weighted by atomic mass is 32.1. The molecule has 1 aromatic heterocycles. The first-order valence-electron chi connectivity index (χ1n) is 6.61. The van der Waals surface area contributed by atoms with Gasteiger partial charge in [-0.05, 0) is 43.3 Å². The molecule has 0 bridgehead atoms. The number of nitrogens with zero attached hydrogens (tertiary/aromatic N) is 1. The van der Waals surface area contributed by atoms with E-state index in [0.29, 0.717) is 0 Å². The molecule has 0 fully saturated rings. The third-order valence-electron chi connectivity index (χ3n) is 3.66. The molecule has 0 spiro atoms. The number of imidazole rings is 1. The summed E-state index contributed by atoms with van der Waals surface area (Å²) < 4.78 is 2.82. The van der Waals surface area contributed by atoms with Gasteiger partial charge < -0.3 is 4.98 Å². The fourth-order valence-electron chi connectivity index (χ4n) is 2.41. The van der Waals surface area contributed by atoms with E-state index in [4.69, 9.17) is 12.2 Å². The monoisotopic (exact) mass is 280 g/mol. The van der Waals surface area contributed by atoms with Crippen molar-refractivity contribution in [1.29, 1.82) is 0 Å². The zero-order chi connectivity index (χ0) is 14.1. The third-order valence-corrected chi connectivity index (χ3v) is 3.96. The van der Waals surface area contributed by atoms with Gasteiger partial charge in [0.05, 0.1) is 11.4 Å². The number of hydrogen-bond acceptors (Lipinski definition) is 1. The van der Waals surface area contributed by atoms with Crippen molar-refractivity contribution in [2.24, 2.45) is 0 Å². The van der Waals surface area contributed by atoms with Crippen LogP contribution in [0.1, 0.15) is 11.1 Å². The van der Waals surface area contributed by atoms with Crippen LogP contribution in [-0.2, 0) is 0 Å². The second-order valence-corrected chi connectivity index (χ2v) is 5.29. The summed E-state index contributed by atoms with van der Waals surface area (Å²) in [6, 6.07) is 16.6. The molecule has 1 heterocycles. The number of benzene rings is 2.